The molecule has 1 aliphatic rings. The summed E-state index contributed by atoms with van der Waals surface area (Å²) >= 11 is 3.46. The molecule has 1 saturated heterocycles. The van der Waals surface area contributed by atoms with Crippen LogP contribution >= 0.6 is 15.9 Å². The number of carbonyl (C=O) groups excluding carboxylic acids is 1. The van der Waals surface area contributed by atoms with Crippen molar-refractivity contribution < 1.29 is 4.79 Å². The molecule has 1 amide bonds. The van der Waals surface area contributed by atoms with Gasteiger partial charge in [-0.15, -0.1) is 0 Å². The molecule has 0 atom stereocenters. The molecule has 1 N–H and O–H groups in total. The fourth-order valence-corrected chi connectivity index (χ4v) is 3.43. The number of anilines is 1. The number of H-pyrrole nitrogens is 1. The second kappa shape index (κ2) is 6.28. The summed E-state index contributed by atoms with van der Waals surface area (Å²) in [6.07, 6.45) is 1.80. The van der Waals surface area contributed by atoms with E-state index < -0.39 is 0 Å². The van der Waals surface area contributed by atoms with Gasteiger partial charge < -0.3 is 14.8 Å². The van der Waals surface area contributed by atoms with Gasteiger partial charge in [-0.05, 0) is 30.3 Å². The number of benzene rings is 1. The highest BCUT2D eigenvalue weighted by atomic mass is 79.9. The number of nitrogens with one attached hydrogen (secondary N) is 1. The number of carbonyl (C=O) groups is 1. The van der Waals surface area contributed by atoms with E-state index in [4.69, 9.17) is 0 Å². The molecule has 0 saturated carbocycles. The summed E-state index contributed by atoms with van der Waals surface area (Å²) in [5, 5.41) is 1.05. The Labute approximate surface area is 148 Å². The normalized spacial score (nSPS) is 15.0. The summed E-state index contributed by atoms with van der Waals surface area (Å²) in [6.45, 7) is 3.01. The molecule has 122 valence electrons. The van der Waals surface area contributed by atoms with Gasteiger partial charge in [-0.1, -0.05) is 28.1 Å². The molecule has 1 aromatic carbocycles. The van der Waals surface area contributed by atoms with Gasteiger partial charge in [0.1, 0.15) is 11.5 Å². The molecule has 0 unspecified atom stereocenters. The van der Waals surface area contributed by atoms with Gasteiger partial charge in [0.2, 0.25) is 0 Å². The predicted molar refractivity (Wildman–Crippen MR) is 98.4 cm³/mol. The second-order valence-electron chi connectivity index (χ2n) is 5.88. The largest absolute Gasteiger partial charge is 0.353 e. The average molecular weight is 385 g/mol. The number of amides is 1. The summed E-state index contributed by atoms with van der Waals surface area (Å²) < 4.78 is 1.000. The number of rotatable bonds is 2. The zero-order chi connectivity index (χ0) is 16.5. The van der Waals surface area contributed by atoms with Crippen molar-refractivity contribution in [3.05, 3.63) is 58.8 Å². The van der Waals surface area contributed by atoms with Crippen molar-refractivity contribution in [3.8, 4) is 0 Å². The molecule has 24 heavy (non-hydrogen) atoms. The van der Waals surface area contributed by atoms with E-state index in [0.717, 1.165) is 34.3 Å². The number of hydrogen-bond acceptors (Lipinski definition) is 3. The Morgan fingerprint density at radius 3 is 2.67 bits per heavy atom. The quantitative estimate of drug-likeness (QED) is 0.737. The van der Waals surface area contributed by atoms with E-state index in [0.29, 0.717) is 18.8 Å². The first-order valence-electron chi connectivity index (χ1n) is 7.94. The topological polar surface area (TPSA) is 52.2 Å². The minimum atomic E-state index is 0.0583. The number of halogens is 1. The molecule has 3 aromatic rings. The van der Waals surface area contributed by atoms with Crippen molar-refractivity contribution in [2.45, 2.75) is 0 Å². The van der Waals surface area contributed by atoms with Crippen LogP contribution < -0.4 is 4.90 Å². The highest BCUT2D eigenvalue weighted by Crippen LogP contribution is 2.21. The van der Waals surface area contributed by atoms with Crippen molar-refractivity contribution in [1.29, 1.82) is 0 Å². The third-order valence-corrected chi connectivity index (χ3v) is 4.85. The summed E-state index contributed by atoms with van der Waals surface area (Å²) in [5.41, 5.74) is 1.62. The van der Waals surface area contributed by atoms with Crippen molar-refractivity contribution in [2.24, 2.45) is 0 Å². The van der Waals surface area contributed by atoms with Gasteiger partial charge in [0.05, 0.1) is 0 Å². The Kier molecular flexibility index (Phi) is 3.98. The van der Waals surface area contributed by atoms with Gasteiger partial charge in [0.25, 0.3) is 5.91 Å². The van der Waals surface area contributed by atoms with E-state index >= 15 is 0 Å². The van der Waals surface area contributed by atoms with Crippen molar-refractivity contribution in [1.82, 2.24) is 14.9 Å². The molecule has 0 spiro atoms. The molecule has 2 aromatic heterocycles. The minimum absolute atomic E-state index is 0.0583. The molecular formula is C18H17BrN4O. The first-order valence-corrected chi connectivity index (χ1v) is 8.73. The number of aromatic amines is 1. The maximum atomic E-state index is 12.7. The molecular weight excluding hydrogens is 368 g/mol. The van der Waals surface area contributed by atoms with Crippen LogP contribution in [0.3, 0.4) is 0 Å². The Balaban J connectivity index is 1.47. The van der Waals surface area contributed by atoms with E-state index in [1.807, 2.05) is 47.4 Å². The lowest BCUT2D eigenvalue weighted by molar-refractivity contribution is 0.0741. The minimum Gasteiger partial charge on any atom is -0.353 e. The molecule has 4 rings (SSSR count). The number of aromatic nitrogens is 2. The number of piperazine rings is 1. The van der Waals surface area contributed by atoms with Crippen molar-refractivity contribution in [3.63, 3.8) is 0 Å². The van der Waals surface area contributed by atoms with Crippen LogP contribution in [-0.4, -0.2) is 47.0 Å². The van der Waals surface area contributed by atoms with Crippen LogP contribution in [-0.2, 0) is 0 Å². The van der Waals surface area contributed by atoms with Crippen LogP contribution in [0, 0.1) is 0 Å². The van der Waals surface area contributed by atoms with E-state index in [2.05, 4.69) is 30.8 Å². The molecule has 0 radical (unpaired) electrons. The SMILES string of the molecule is O=C(c1cc2ccc(Br)cc2[nH]1)N1CCN(c2ccccn2)CC1. The van der Waals surface area contributed by atoms with E-state index in [9.17, 15) is 4.79 Å². The maximum Gasteiger partial charge on any atom is 0.270 e. The Hall–Kier alpha value is -2.34. The third-order valence-electron chi connectivity index (χ3n) is 4.36. The maximum absolute atomic E-state index is 12.7. The molecule has 6 heteroatoms. The lowest BCUT2D eigenvalue weighted by atomic mass is 10.2. The average Bonchev–Trinajstić information content (AvgIpc) is 3.05. The highest BCUT2D eigenvalue weighted by Gasteiger charge is 2.23. The molecule has 1 aliphatic heterocycles. The molecule has 0 bridgehead atoms. The second-order valence-corrected chi connectivity index (χ2v) is 6.80. The predicted octanol–water partition coefficient (Wildman–Crippen LogP) is 3.29. The number of pyridine rings is 1. The summed E-state index contributed by atoms with van der Waals surface area (Å²) in [4.78, 5) is 24.5. The van der Waals surface area contributed by atoms with Crippen LogP contribution in [0.5, 0.6) is 0 Å². The van der Waals surface area contributed by atoms with E-state index in [1.165, 1.54) is 0 Å². The molecule has 3 heterocycles. The molecule has 1 fully saturated rings. The summed E-state index contributed by atoms with van der Waals surface area (Å²) in [7, 11) is 0. The van der Waals surface area contributed by atoms with Gasteiger partial charge in [0.15, 0.2) is 0 Å². The van der Waals surface area contributed by atoms with Gasteiger partial charge in [0, 0.05) is 47.8 Å². The number of nitrogens with zero attached hydrogens (tertiary/aromatic N) is 3. The Morgan fingerprint density at radius 2 is 1.92 bits per heavy atom. The zero-order valence-corrected chi connectivity index (χ0v) is 14.7. The number of hydrogen-bond donors (Lipinski definition) is 1. The van der Waals surface area contributed by atoms with E-state index in [1.54, 1.807) is 6.20 Å². The van der Waals surface area contributed by atoms with Crippen LogP contribution in [0.4, 0.5) is 5.82 Å². The van der Waals surface area contributed by atoms with E-state index in [-0.39, 0.29) is 5.91 Å². The molecule has 0 aliphatic carbocycles. The standard InChI is InChI=1S/C18H17BrN4O/c19-14-5-4-13-11-16(21-15(13)12-14)18(24)23-9-7-22(8-10-23)17-3-1-2-6-20-17/h1-6,11-12,21H,7-10H2. The number of fused-ring (bicyclic) bond motifs is 1. The highest BCUT2D eigenvalue weighted by molar-refractivity contribution is 9.10. The van der Waals surface area contributed by atoms with Crippen molar-refractivity contribution >= 4 is 38.6 Å². The lowest BCUT2D eigenvalue weighted by Gasteiger charge is -2.35. The van der Waals surface area contributed by atoms with Crippen LogP contribution in [0.2, 0.25) is 0 Å². The first kappa shape index (κ1) is 15.2. The van der Waals surface area contributed by atoms with Gasteiger partial charge in [-0.25, -0.2) is 4.98 Å². The van der Waals surface area contributed by atoms with Gasteiger partial charge in [-0.3, -0.25) is 4.79 Å². The third kappa shape index (κ3) is 2.89. The van der Waals surface area contributed by atoms with Crippen LogP contribution in [0.25, 0.3) is 10.9 Å². The fourth-order valence-electron chi connectivity index (χ4n) is 3.06. The lowest BCUT2D eigenvalue weighted by Crippen LogP contribution is -2.49. The Morgan fingerprint density at radius 1 is 1.08 bits per heavy atom. The monoisotopic (exact) mass is 384 g/mol. The zero-order valence-electron chi connectivity index (χ0n) is 13.1. The first-order chi connectivity index (χ1) is 11.7. The summed E-state index contributed by atoms with van der Waals surface area (Å²) in [6, 6.07) is 13.8. The fraction of sp³-hybridized carbons (Fsp3) is 0.222. The Bertz CT molecular complexity index is 869. The van der Waals surface area contributed by atoms with Gasteiger partial charge in [-0.2, -0.15) is 0 Å². The van der Waals surface area contributed by atoms with Crippen LogP contribution in [0.15, 0.2) is 53.1 Å². The smallest absolute Gasteiger partial charge is 0.270 e. The van der Waals surface area contributed by atoms with Crippen LogP contribution in [0.1, 0.15) is 10.5 Å². The summed E-state index contributed by atoms with van der Waals surface area (Å²) in [5.74, 6) is 1.03. The van der Waals surface area contributed by atoms with Crippen molar-refractivity contribution in [2.75, 3.05) is 31.1 Å². The molecule has 5 nitrogen and oxygen atoms in total. The van der Waals surface area contributed by atoms with Gasteiger partial charge >= 0.3 is 0 Å².